The maximum atomic E-state index is 3.79. The van der Waals surface area contributed by atoms with Crippen LogP contribution >= 0.6 is 0 Å². The van der Waals surface area contributed by atoms with Crippen molar-refractivity contribution in [3.63, 3.8) is 0 Å². The van der Waals surface area contributed by atoms with Gasteiger partial charge in [-0.2, -0.15) is 0 Å². The van der Waals surface area contributed by atoms with E-state index < -0.39 is 0 Å². The highest BCUT2D eigenvalue weighted by Gasteiger charge is 1.94. The highest BCUT2D eigenvalue weighted by atomic mass is 14.0. The summed E-state index contributed by atoms with van der Waals surface area (Å²) in [5.74, 6) is 0. The van der Waals surface area contributed by atoms with Gasteiger partial charge in [-0.15, -0.1) is 0 Å². The Labute approximate surface area is 70.3 Å². The lowest BCUT2D eigenvalue weighted by Crippen LogP contribution is -1.83. The SMILES string of the molecule is C=C/C(CC)=C(\C=C/C)CC. The Hall–Kier alpha value is -0.780. The van der Waals surface area contributed by atoms with Gasteiger partial charge in [0.15, 0.2) is 0 Å². The summed E-state index contributed by atoms with van der Waals surface area (Å²) in [5, 5.41) is 0. The fourth-order valence-corrected chi connectivity index (χ4v) is 1.16. The minimum atomic E-state index is 1.08. The Kier molecular flexibility index (Phi) is 5.54. The summed E-state index contributed by atoms with van der Waals surface area (Å²) in [4.78, 5) is 0. The van der Waals surface area contributed by atoms with Crippen molar-refractivity contribution in [2.24, 2.45) is 0 Å². The minimum absolute atomic E-state index is 1.08. The van der Waals surface area contributed by atoms with Crippen molar-refractivity contribution in [3.05, 3.63) is 36.0 Å². The molecule has 0 aliphatic rings. The lowest BCUT2D eigenvalue weighted by atomic mass is 10.0. The van der Waals surface area contributed by atoms with Crippen molar-refractivity contribution >= 4 is 0 Å². The molecule has 0 unspecified atom stereocenters. The third-order valence-corrected chi connectivity index (χ3v) is 1.79. The Morgan fingerprint density at radius 1 is 1.18 bits per heavy atom. The molecule has 0 heterocycles. The molecule has 0 fully saturated rings. The maximum Gasteiger partial charge on any atom is -0.0305 e. The third kappa shape index (κ3) is 3.22. The second-order valence-electron chi connectivity index (χ2n) is 2.46. The van der Waals surface area contributed by atoms with Gasteiger partial charge in [0.1, 0.15) is 0 Å². The van der Waals surface area contributed by atoms with E-state index in [1.807, 2.05) is 13.0 Å². The summed E-state index contributed by atoms with van der Waals surface area (Å²) in [7, 11) is 0. The first-order valence-corrected chi connectivity index (χ1v) is 4.27. The van der Waals surface area contributed by atoms with Gasteiger partial charge in [0, 0.05) is 0 Å². The highest BCUT2D eigenvalue weighted by Crippen LogP contribution is 2.14. The van der Waals surface area contributed by atoms with E-state index in [0.717, 1.165) is 12.8 Å². The fraction of sp³-hybridized carbons (Fsp3) is 0.455. The molecule has 0 saturated heterocycles. The summed E-state index contributed by atoms with van der Waals surface area (Å²) in [6.07, 6.45) is 8.38. The molecular weight excluding hydrogens is 132 g/mol. The second-order valence-corrected chi connectivity index (χ2v) is 2.46. The summed E-state index contributed by atoms with van der Waals surface area (Å²) < 4.78 is 0. The summed E-state index contributed by atoms with van der Waals surface area (Å²) in [6.45, 7) is 10.2. The van der Waals surface area contributed by atoms with Gasteiger partial charge in [-0.05, 0) is 30.9 Å². The van der Waals surface area contributed by atoms with E-state index in [1.54, 1.807) is 0 Å². The highest BCUT2D eigenvalue weighted by molar-refractivity contribution is 5.31. The van der Waals surface area contributed by atoms with Gasteiger partial charge in [-0.1, -0.05) is 38.7 Å². The molecule has 0 aromatic rings. The molecule has 0 nitrogen and oxygen atoms in total. The van der Waals surface area contributed by atoms with Gasteiger partial charge in [0.25, 0.3) is 0 Å². The molecule has 0 aliphatic carbocycles. The van der Waals surface area contributed by atoms with Gasteiger partial charge in [0.2, 0.25) is 0 Å². The van der Waals surface area contributed by atoms with Gasteiger partial charge in [-0.3, -0.25) is 0 Å². The monoisotopic (exact) mass is 150 g/mol. The van der Waals surface area contributed by atoms with Crippen LogP contribution in [0.3, 0.4) is 0 Å². The van der Waals surface area contributed by atoms with Crippen LogP contribution in [0.5, 0.6) is 0 Å². The van der Waals surface area contributed by atoms with E-state index in [4.69, 9.17) is 0 Å². The standard InChI is InChI=1S/C11H18/c1-5-9-11(8-4)10(6-2)7-3/h5-6,9H,2,7-8H2,1,3-4H3/b9-5-,11-10+. The van der Waals surface area contributed by atoms with E-state index in [2.05, 4.69) is 32.6 Å². The van der Waals surface area contributed by atoms with Crippen LogP contribution in [-0.2, 0) is 0 Å². The van der Waals surface area contributed by atoms with E-state index in [0.29, 0.717) is 0 Å². The van der Waals surface area contributed by atoms with Crippen LogP contribution in [-0.4, -0.2) is 0 Å². The lowest BCUT2D eigenvalue weighted by Gasteiger charge is -2.03. The minimum Gasteiger partial charge on any atom is -0.0988 e. The molecule has 0 aromatic carbocycles. The largest absolute Gasteiger partial charge is 0.0988 e. The Bertz CT molecular complexity index is 170. The van der Waals surface area contributed by atoms with Crippen LogP contribution in [0.15, 0.2) is 36.0 Å². The molecule has 0 heteroatoms. The molecule has 0 radical (unpaired) electrons. The zero-order valence-electron chi connectivity index (χ0n) is 7.85. The van der Waals surface area contributed by atoms with E-state index >= 15 is 0 Å². The van der Waals surface area contributed by atoms with Crippen molar-refractivity contribution in [3.8, 4) is 0 Å². The molecule has 0 saturated carbocycles. The van der Waals surface area contributed by atoms with Crippen molar-refractivity contribution in [2.75, 3.05) is 0 Å². The Morgan fingerprint density at radius 3 is 2.00 bits per heavy atom. The first-order chi connectivity index (χ1) is 5.29. The van der Waals surface area contributed by atoms with Gasteiger partial charge in [-0.25, -0.2) is 0 Å². The lowest BCUT2D eigenvalue weighted by molar-refractivity contribution is 1.05. The van der Waals surface area contributed by atoms with Crippen molar-refractivity contribution in [2.45, 2.75) is 33.6 Å². The molecular formula is C11H18. The molecule has 0 amide bonds. The Morgan fingerprint density at radius 2 is 1.73 bits per heavy atom. The van der Waals surface area contributed by atoms with Gasteiger partial charge in [0.05, 0.1) is 0 Å². The Balaban J connectivity index is 4.61. The van der Waals surface area contributed by atoms with Gasteiger partial charge >= 0.3 is 0 Å². The summed E-state index contributed by atoms with van der Waals surface area (Å²) in [6, 6.07) is 0. The molecule has 0 aromatic heterocycles. The second kappa shape index (κ2) is 5.96. The average Bonchev–Trinajstić information content (AvgIpc) is 2.05. The first-order valence-electron chi connectivity index (χ1n) is 4.27. The van der Waals surface area contributed by atoms with Crippen molar-refractivity contribution in [1.82, 2.24) is 0 Å². The topological polar surface area (TPSA) is 0 Å². The molecule has 0 rings (SSSR count). The molecule has 62 valence electrons. The van der Waals surface area contributed by atoms with Crippen LogP contribution in [0.1, 0.15) is 33.6 Å². The average molecular weight is 150 g/mol. The number of hydrogen-bond donors (Lipinski definition) is 0. The summed E-state index contributed by atoms with van der Waals surface area (Å²) in [5.41, 5.74) is 2.77. The molecule has 0 N–H and O–H groups in total. The molecule has 11 heavy (non-hydrogen) atoms. The number of hydrogen-bond acceptors (Lipinski definition) is 0. The number of allylic oxidation sites excluding steroid dienone is 5. The number of rotatable bonds is 4. The zero-order valence-corrected chi connectivity index (χ0v) is 7.85. The van der Waals surface area contributed by atoms with Crippen LogP contribution in [0, 0.1) is 0 Å². The normalized spacial score (nSPS) is 13.4. The van der Waals surface area contributed by atoms with E-state index in [1.165, 1.54) is 11.1 Å². The van der Waals surface area contributed by atoms with Crippen LogP contribution in [0.2, 0.25) is 0 Å². The van der Waals surface area contributed by atoms with Crippen LogP contribution in [0.4, 0.5) is 0 Å². The van der Waals surface area contributed by atoms with Crippen LogP contribution in [0.25, 0.3) is 0 Å². The van der Waals surface area contributed by atoms with Crippen LogP contribution < -0.4 is 0 Å². The fourth-order valence-electron chi connectivity index (χ4n) is 1.16. The molecule has 0 bridgehead atoms. The quantitative estimate of drug-likeness (QED) is 0.534. The molecule has 0 atom stereocenters. The third-order valence-electron chi connectivity index (χ3n) is 1.79. The van der Waals surface area contributed by atoms with E-state index in [9.17, 15) is 0 Å². The predicted octanol–water partition coefficient (Wildman–Crippen LogP) is 3.87. The smallest absolute Gasteiger partial charge is 0.0305 e. The molecule has 0 aliphatic heterocycles. The van der Waals surface area contributed by atoms with E-state index in [-0.39, 0.29) is 0 Å². The predicted molar refractivity (Wildman–Crippen MR) is 52.6 cm³/mol. The maximum absolute atomic E-state index is 3.79. The first kappa shape index (κ1) is 10.2. The van der Waals surface area contributed by atoms with Crippen molar-refractivity contribution < 1.29 is 0 Å². The molecule has 0 spiro atoms. The zero-order chi connectivity index (χ0) is 8.69. The van der Waals surface area contributed by atoms with Gasteiger partial charge < -0.3 is 0 Å². The van der Waals surface area contributed by atoms with Crippen molar-refractivity contribution in [1.29, 1.82) is 0 Å². The summed E-state index contributed by atoms with van der Waals surface area (Å²) >= 11 is 0.